The number of halogens is 2. The normalized spacial score (nSPS) is 25.5. The number of alkyl halides is 1. The van der Waals surface area contributed by atoms with Gasteiger partial charge in [0.1, 0.15) is 17.6 Å². The monoisotopic (exact) mass is 480 g/mol. The molecule has 3 fully saturated rings. The van der Waals surface area contributed by atoms with E-state index in [0.29, 0.717) is 34.4 Å². The molecule has 1 saturated carbocycles. The molecule has 2 bridgehead atoms. The number of hydrogen-bond donors (Lipinski definition) is 2. The molecule has 3 aromatic rings. The number of pyridine rings is 1. The van der Waals surface area contributed by atoms with E-state index in [1.165, 1.54) is 19.2 Å². The molecule has 3 aliphatic rings. The van der Waals surface area contributed by atoms with E-state index in [0.717, 1.165) is 32.1 Å². The van der Waals surface area contributed by atoms with Crippen LogP contribution in [0.4, 0.5) is 14.7 Å². The lowest BCUT2D eigenvalue weighted by atomic mass is 9.96. The van der Waals surface area contributed by atoms with Crippen molar-refractivity contribution in [2.45, 2.75) is 62.4 Å². The number of methoxy groups -OCH3 is 1. The molecule has 10 heteroatoms. The van der Waals surface area contributed by atoms with Gasteiger partial charge in [-0.25, -0.2) is 9.37 Å². The fourth-order valence-electron chi connectivity index (χ4n) is 5.36. The Bertz CT molecular complexity index is 1240. The molecule has 2 aromatic heterocycles. The summed E-state index contributed by atoms with van der Waals surface area (Å²) in [6.07, 6.45) is 5.21. The summed E-state index contributed by atoms with van der Waals surface area (Å²) in [6.45, 7) is 0. The van der Waals surface area contributed by atoms with E-state index >= 15 is 4.39 Å². The van der Waals surface area contributed by atoms with Crippen LogP contribution in [0.3, 0.4) is 0 Å². The van der Waals surface area contributed by atoms with Gasteiger partial charge < -0.3 is 20.1 Å². The van der Waals surface area contributed by atoms with Gasteiger partial charge in [-0.15, -0.1) is 10.2 Å². The zero-order chi connectivity index (χ0) is 24.1. The number of rotatable bonds is 6. The summed E-state index contributed by atoms with van der Waals surface area (Å²) in [5, 5.41) is 22.7. The zero-order valence-corrected chi connectivity index (χ0v) is 19.2. The highest BCUT2D eigenvalue weighted by molar-refractivity contribution is 5.74. The van der Waals surface area contributed by atoms with Crippen molar-refractivity contribution in [2.75, 3.05) is 12.0 Å². The molecule has 2 saturated heterocycles. The Balaban J connectivity index is 1.26. The lowest BCUT2D eigenvalue weighted by Crippen LogP contribution is -2.57. The number of phenolic OH excluding ortho intramolecular Hbond substituents is 1. The van der Waals surface area contributed by atoms with Gasteiger partial charge >= 0.3 is 0 Å². The number of nitrogens with zero attached hydrogens (tertiary/aromatic N) is 5. The summed E-state index contributed by atoms with van der Waals surface area (Å²) in [5.74, 6) is -0.140. The van der Waals surface area contributed by atoms with Crippen molar-refractivity contribution in [3.8, 4) is 34.0 Å². The molecule has 4 atom stereocenters. The summed E-state index contributed by atoms with van der Waals surface area (Å²) in [5.41, 5.74) is 1.96. The maximum absolute atomic E-state index is 15.3. The molecule has 0 spiro atoms. The lowest BCUT2D eigenvalue weighted by Gasteiger charge is -2.40. The third-order valence-electron chi connectivity index (χ3n) is 7.22. The van der Waals surface area contributed by atoms with E-state index in [9.17, 15) is 9.50 Å². The number of nitrogens with one attached hydrogen (secondary N) is 1. The lowest BCUT2D eigenvalue weighted by molar-refractivity contribution is 0.171. The zero-order valence-electron chi connectivity index (χ0n) is 19.2. The third kappa shape index (κ3) is 4.16. The molecular formula is C25H26F2N6O2. The van der Waals surface area contributed by atoms with Gasteiger partial charge in [0, 0.05) is 35.8 Å². The molecule has 0 unspecified atom stereocenters. The van der Waals surface area contributed by atoms with Crippen LogP contribution >= 0.6 is 0 Å². The minimum Gasteiger partial charge on any atom is -0.507 e. The van der Waals surface area contributed by atoms with E-state index in [-0.39, 0.29) is 29.8 Å². The van der Waals surface area contributed by atoms with Crippen molar-refractivity contribution < 1.29 is 18.6 Å². The molecule has 8 nitrogen and oxygen atoms in total. The van der Waals surface area contributed by atoms with Crippen LogP contribution in [-0.4, -0.2) is 62.7 Å². The highest BCUT2D eigenvalue weighted by atomic mass is 19.1. The molecule has 6 rings (SSSR count). The molecular weight excluding hydrogens is 454 g/mol. The average Bonchev–Trinajstić information content (AvgIpc) is 3.62. The first-order valence-corrected chi connectivity index (χ1v) is 11.9. The summed E-state index contributed by atoms with van der Waals surface area (Å²) in [6, 6.07) is 8.04. The Kier molecular flexibility index (Phi) is 5.47. The maximum atomic E-state index is 15.3. The van der Waals surface area contributed by atoms with Crippen molar-refractivity contribution in [3.05, 3.63) is 42.5 Å². The Hall–Kier alpha value is -3.40. The maximum Gasteiger partial charge on any atom is 0.245 e. The third-order valence-corrected chi connectivity index (χ3v) is 7.22. The van der Waals surface area contributed by atoms with E-state index in [4.69, 9.17) is 4.74 Å². The number of phenols is 1. The van der Waals surface area contributed by atoms with Crippen molar-refractivity contribution >= 4 is 5.95 Å². The SMILES string of the molecule is COc1cc(-c2ccc(-c3cnc(N(C4CC4)[C@H]4C[C@@H]5CC[C@H](N5)[C@H]4F)nn3)c(O)c2)cc(F)n1. The summed E-state index contributed by atoms with van der Waals surface area (Å²) in [4.78, 5) is 10.2. The first kappa shape index (κ1) is 22.1. The van der Waals surface area contributed by atoms with Crippen molar-refractivity contribution in [1.82, 2.24) is 25.5 Å². The van der Waals surface area contributed by atoms with Gasteiger partial charge in [0.2, 0.25) is 17.8 Å². The van der Waals surface area contributed by atoms with E-state index in [2.05, 4.69) is 25.5 Å². The predicted octanol–water partition coefficient (Wildman–Crippen LogP) is 3.65. The number of piperidine rings is 1. The van der Waals surface area contributed by atoms with Crippen molar-refractivity contribution in [1.29, 1.82) is 0 Å². The molecule has 1 aromatic carbocycles. The van der Waals surface area contributed by atoms with Crippen LogP contribution in [-0.2, 0) is 0 Å². The first-order valence-electron chi connectivity index (χ1n) is 11.9. The van der Waals surface area contributed by atoms with Crippen LogP contribution in [0.15, 0.2) is 36.5 Å². The Morgan fingerprint density at radius 1 is 1.09 bits per heavy atom. The Morgan fingerprint density at radius 3 is 2.66 bits per heavy atom. The van der Waals surface area contributed by atoms with Crippen LogP contribution in [0.5, 0.6) is 11.6 Å². The number of hydrogen-bond acceptors (Lipinski definition) is 8. The standard InChI is InChI=1S/C25H26F2N6O2/c1-35-23-10-14(9-22(26)30-23)13-2-6-17(21(34)8-13)19-12-28-25(32-31-19)33(16-4-5-16)20-11-15-3-7-18(29-15)24(20)27/h2,6,8-10,12,15-16,18,20,24,29,34H,3-5,7,11H2,1H3/t15-,18-,20-,24+/m0/s1. The minimum atomic E-state index is -0.967. The number of anilines is 1. The van der Waals surface area contributed by atoms with Gasteiger partial charge in [-0.2, -0.15) is 9.37 Å². The molecule has 0 radical (unpaired) electrons. The van der Waals surface area contributed by atoms with Crippen LogP contribution < -0.4 is 15.0 Å². The van der Waals surface area contributed by atoms with Crippen LogP contribution in [0.25, 0.3) is 22.4 Å². The van der Waals surface area contributed by atoms with Crippen LogP contribution in [0.1, 0.15) is 32.1 Å². The van der Waals surface area contributed by atoms with Gasteiger partial charge in [0.05, 0.1) is 19.3 Å². The minimum absolute atomic E-state index is 0.0414. The topological polar surface area (TPSA) is 96.3 Å². The summed E-state index contributed by atoms with van der Waals surface area (Å²) < 4.78 is 34.1. The highest BCUT2D eigenvalue weighted by Crippen LogP contribution is 2.40. The molecule has 182 valence electrons. The second-order valence-corrected chi connectivity index (χ2v) is 9.53. The van der Waals surface area contributed by atoms with Gasteiger partial charge in [-0.3, -0.25) is 0 Å². The number of benzene rings is 1. The van der Waals surface area contributed by atoms with E-state index < -0.39 is 12.1 Å². The summed E-state index contributed by atoms with van der Waals surface area (Å²) in [7, 11) is 1.41. The second-order valence-electron chi connectivity index (χ2n) is 9.53. The molecule has 2 N–H and O–H groups in total. The van der Waals surface area contributed by atoms with Gasteiger partial charge in [0.15, 0.2) is 0 Å². The van der Waals surface area contributed by atoms with E-state index in [1.54, 1.807) is 24.4 Å². The van der Waals surface area contributed by atoms with E-state index in [1.807, 2.05) is 4.90 Å². The molecule has 0 amide bonds. The fraction of sp³-hybridized carbons (Fsp3) is 0.440. The average molecular weight is 481 g/mol. The van der Waals surface area contributed by atoms with Crippen LogP contribution in [0, 0.1) is 5.95 Å². The molecule has 1 aliphatic carbocycles. The molecule has 2 aliphatic heterocycles. The Labute approximate surface area is 201 Å². The molecule has 4 heterocycles. The summed E-state index contributed by atoms with van der Waals surface area (Å²) >= 11 is 0. The molecule has 35 heavy (non-hydrogen) atoms. The largest absolute Gasteiger partial charge is 0.507 e. The number of aromatic hydroxyl groups is 1. The number of ether oxygens (including phenoxy) is 1. The van der Waals surface area contributed by atoms with Gasteiger partial charge in [-0.05, 0) is 55.4 Å². The highest BCUT2D eigenvalue weighted by Gasteiger charge is 2.48. The Morgan fingerprint density at radius 2 is 1.94 bits per heavy atom. The van der Waals surface area contributed by atoms with Gasteiger partial charge in [0.25, 0.3) is 0 Å². The van der Waals surface area contributed by atoms with Crippen LogP contribution in [0.2, 0.25) is 0 Å². The van der Waals surface area contributed by atoms with Crippen molar-refractivity contribution in [3.63, 3.8) is 0 Å². The van der Waals surface area contributed by atoms with Crippen molar-refractivity contribution in [2.24, 2.45) is 0 Å². The number of fused-ring (bicyclic) bond motifs is 2. The number of aromatic nitrogens is 4. The fourth-order valence-corrected chi connectivity index (χ4v) is 5.36. The smallest absolute Gasteiger partial charge is 0.245 e. The predicted molar refractivity (Wildman–Crippen MR) is 125 cm³/mol. The second kappa shape index (κ2) is 8.67. The first-order chi connectivity index (χ1) is 17.0. The quantitative estimate of drug-likeness (QED) is 0.516. The van der Waals surface area contributed by atoms with Gasteiger partial charge in [-0.1, -0.05) is 6.07 Å².